The maximum absolute atomic E-state index is 12.7. The van der Waals surface area contributed by atoms with Gasteiger partial charge in [-0.25, -0.2) is 8.42 Å². The van der Waals surface area contributed by atoms with E-state index >= 15 is 0 Å². The monoisotopic (exact) mass is 361 g/mol. The van der Waals surface area contributed by atoms with E-state index in [1.807, 2.05) is 54.6 Å². The number of methoxy groups -OCH3 is 1. The molecule has 0 spiro atoms. The molecule has 0 unspecified atom stereocenters. The molecule has 0 aromatic heterocycles. The third kappa shape index (κ3) is 4.60. The quantitative estimate of drug-likeness (QED) is 0.794. The van der Waals surface area contributed by atoms with Crippen LogP contribution in [0.2, 0.25) is 0 Å². The van der Waals surface area contributed by atoms with E-state index in [9.17, 15) is 8.42 Å². The van der Waals surface area contributed by atoms with Gasteiger partial charge in [-0.05, 0) is 29.7 Å². The molecule has 5 nitrogen and oxygen atoms in total. The van der Waals surface area contributed by atoms with Crippen LogP contribution in [0.25, 0.3) is 0 Å². The molecule has 3 rings (SSSR count). The van der Waals surface area contributed by atoms with Crippen molar-refractivity contribution in [3.63, 3.8) is 0 Å². The Bertz CT molecular complexity index is 775. The highest BCUT2D eigenvalue weighted by Crippen LogP contribution is 2.24. The van der Waals surface area contributed by atoms with Gasteiger partial charge >= 0.3 is 0 Å². The van der Waals surface area contributed by atoms with Crippen molar-refractivity contribution in [2.24, 2.45) is 0 Å². The van der Waals surface area contributed by atoms with Crippen molar-refractivity contribution >= 4 is 10.0 Å². The van der Waals surface area contributed by atoms with Crippen molar-refractivity contribution in [1.29, 1.82) is 0 Å². The first kappa shape index (κ1) is 17.9. The van der Waals surface area contributed by atoms with E-state index in [-0.39, 0.29) is 11.9 Å². The standard InChI is InChI=1S/C19H23NO4S/c1-23-18-9-7-16(8-10-18)11-14-25(21,22)20-12-13-24-19(15-20)17-5-3-2-4-6-17/h2-10,19H,11-15H2,1H3/t19-/m1/s1. The predicted molar refractivity (Wildman–Crippen MR) is 97.2 cm³/mol. The number of hydrogen-bond donors (Lipinski definition) is 0. The maximum atomic E-state index is 12.7. The molecular weight excluding hydrogens is 338 g/mol. The van der Waals surface area contributed by atoms with Gasteiger partial charge in [-0.1, -0.05) is 42.5 Å². The van der Waals surface area contributed by atoms with Gasteiger partial charge in [-0.15, -0.1) is 0 Å². The minimum atomic E-state index is -3.32. The molecule has 25 heavy (non-hydrogen) atoms. The zero-order chi connectivity index (χ0) is 17.7. The summed E-state index contributed by atoms with van der Waals surface area (Å²) < 4.78 is 37.8. The normalized spacial score (nSPS) is 18.8. The van der Waals surface area contributed by atoms with E-state index in [1.165, 1.54) is 0 Å². The molecule has 0 amide bonds. The van der Waals surface area contributed by atoms with Crippen molar-refractivity contribution < 1.29 is 17.9 Å². The van der Waals surface area contributed by atoms with Gasteiger partial charge < -0.3 is 9.47 Å². The van der Waals surface area contributed by atoms with Crippen molar-refractivity contribution in [2.75, 3.05) is 32.6 Å². The van der Waals surface area contributed by atoms with Crippen LogP contribution >= 0.6 is 0 Å². The molecule has 0 saturated carbocycles. The molecule has 134 valence electrons. The summed E-state index contributed by atoms with van der Waals surface area (Å²) in [7, 11) is -1.70. The average molecular weight is 361 g/mol. The summed E-state index contributed by atoms with van der Waals surface area (Å²) in [4.78, 5) is 0. The number of nitrogens with zero attached hydrogens (tertiary/aromatic N) is 1. The van der Waals surface area contributed by atoms with Gasteiger partial charge in [-0.3, -0.25) is 0 Å². The smallest absolute Gasteiger partial charge is 0.214 e. The van der Waals surface area contributed by atoms with Crippen LogP contribution in [0, 0.1) is 0 Å². The minimum Gasteiger partial charge on any atom is -0.497 e. The molecule has 2 aromatic carbocycles. The topological polar surface area (TPSA) is 55.8 Å². The number of aryl methyl sites for hydroxylation is 1. The number of morpholine rings is 1. The molecule has 1 aliphatic heterocycles. The Kier molecular flexibility index (Phi) is 5.73. The van der Waals surface area contributed by atoms with Crippen molar-refractivity contribution in [3.8, 4) is 5.75 Å². The Labute approximate surface area is 149 Å². The molecule has 0 aliphatic carbocycles. The number of hydrogen-bond acceptors (Lipinski definition) is 4. The molecule has 1 atom stereocenters. The number of ether oxygens (including phenoxy) is 2. The van der Waals surface area contributed by atoms with Crippen molar-refractivity contribution in [3.05, 3.63) is 65.7 Å². The van der Waals surface area contributed by atoms with Gasteiger partial charge in [0.15, 0.2) is 0 Å². The highest BCUT2D eigenvalue weighted by molar-refractivity contribution is 7.89. The van der Waals surface area contributed by atoms with Gasteiger partial charge in [0, 0.05) is 13.1 Å². The predicted octanol–water partition coefficient (Wildman–Crippen LogP) is 2.64. The second kappa shape index (κ2) is 7.99. The second-order valence-corrected chi connectivity index (χ2v) is 8.13. The number of rotatable bonds is 6. The molecule has 0 N–H and O–H groups in total. The summed E-state index contributed by atoms with van der Waals surface area (Å²) in [6.07, 6.45) is 0.283. The number of benzene rings is 2. The van der Waals surface area contributed by atoms with Crippen molar-refractivity contribution in [2.45, 2.75) is 12.5 Å². The lowest BCUT2D eigenvalue weighted by Crippen LogP contribution is -2.43. The Balaban J connectivity index is 1.62. The van der Waals surface area contributed by atoms with E-state index in [4.69, 9.17) is 9.47 Å². The lowest BCUT2D eigenvalue weighted by atomic mass is 10.1. The van der Waals surface area contributed by atoms with Crippen molar-refractivity contribution in [1.82, 2.24) is 4.31 Å². The van der Waals surface area contributed by atoms with Gasteiger partial charge in [0.25, 0.3) is 0 Å². The van der Waals surface area contributed by atoms with Crippen LogP contribution in [-0.4, -0.2) is 45.3 Å². The average Bonchev–Trinajstić information content (AvgIpc) is 2.68. The molecule has 1 aliphatic rings. The van der Waals surface area contributed by atoms with E-state index in [1.54, 1.807) is 11.4 Å². The Morgan fingerprint density at radius 2 is 1.84 bits per heavy atom. The Morgan fingerprint density at radius 1 is 1.12 bits per heavy atom. The first-order chi connectivity index (χ1) is 12.1. The number of sulfonamides is 1. The summed E-state index contributed by atoms with van der Waals surface area (Å²) in [5, 5.41) is 0. The lowest BCUT2D eigenvalue weighted by Gasteiger charge is -2.32. The SMILES string of the molecule is COc1ccc(CCS(=O)(=O)N2CCO[C@@H](c3ccccc3)C2)cc1. The molecular formula is C19H23NO4S. The van der Waals surface area contributed by atoms with Crippen LogP contribution in [0.5, 0.6) is 5.75 Å². The molecule has 0 radical (unpaired) electrons. The summed E-state index contributed by atoms with van der Waals surface area (Å²) in [6, 6.07) is 17.3. The van der Waals surface area contributed by atoms with Gasteiger partial charge in [0.05, 0.1) is 25.6 Å². The first-order valence-corrected chi connectivity index (χ1v) is 9.97. The molecule has 6 heteroatoms. The largest absolute Gasteiger partial charge is 0.497 e. The summed E-state index contributed by atoms with van der Waals surface area (Å²) in [5.74, 6) is 0.867. The van der Waals surface area contributed by atoms with Gasteiger partial charge in [-0.2, -0.15) is 4.31 Å². The highest BCUT2D eigenvalue weighted by Gasteiger charge is 2.29. The van der Waals surface area contributed by atoms with E-state index in [0.29, 0.717) is 26.1 Å². The summed E-state index contributed by atoms with van der Waals surface area (Å²) in [5.41, 5.74) is 2.00. The first-order valence-electron chi connectivity index (χ1n) is 8.36. The van der Waals surface area contributed by atoms with E-state index < -0.39 is 10.0 Å². The minimum absolute atomic E-state index is 0.0981. The molecule has 1 saturated heterocycles. The zero-order valence-electron chi connectivity index (χ0n) is 14.3. The fourth-order valence-corrected chi connectivity index (χ4v) is 4.38. The molecule has 2 aromatic rings. The lowest BCUT2D eigenvalue weighted by molar-refractivity contribution is -0.00253. The highest BCUT2D eigenvalue weighted by atomic mass is 32.2. The maximum Gasteiger partial charge on any atom is 0.214 e. The fourth-order valence-electron chi connectivity index (χ4n) is 2.92. The Hall–Kier alpha value is -1.89. The van der Waals surface area contributed by atoms with Gasteiger partial charge in [0.2, 0.25) is 10.0 Å². The van der Waals surface area contributed by atoms with Crippen LogP contribution in [0.1, 0.15) is 17.2 Å². The molecule has 1 heterocycles. The van der Waals surface area contributed by atoms with Crippen LogP contribution in [-0.2, 0) is 21.2 Å². The summed E-state index contributed by atoms with van der Waals surface area (Å²) >= 11 is 0. The summed E-state index contributed by atoms with van der Waals surface area (Å²) in [6.45, 7) is 1.20. The molecule has 1 fully saturated rings. The van der Waals surface area contributed by atoms with E-state index in [2.05, 4.69) is 0 Å². The van der Waals surface area contributed by atoms with Crippen LogP contribution in [0.4, 0.5) is 0 Å². The van der Waals surface area contributed by atoms with Crippen LogP contribution < -0.4 is 4.74 Å². The van der Waals surface area contributed by atoms with E-state index in [0.717, 1.165) is 16.9 Å². The third-order valence-electron chi connectivity index (χ3n) is 4.40. The zero-order valence-corrected chi connectivity index (χ0v) is 15.1. The third-order valence-corrected chi connectivity index (χ3v) is 6.24. The molecule has 0 bridgehead atoms. The second-order valence-electron chi connectivity index (χ2n) is 6.04. The van der Waals surface area contributed by atoms with Crippen LogP contribution in [0.15, 0.2) is 54.6 Å². The Morgan fingerprint density at radius 3 is 2.52 bits per heavy atom. The fraction of sp³-hybridized carbons (Fsp3) is 0.368. The van der Waals surface area contributed by atoms with Gasteiger partial charge in [0.1, 0.15) is 5.75 Å². The van der Waals surface area contributed by atoms with Crippen LogP contribution in [0.3, 0.4) is 0 Å².